The Kier molecular flexibility index (Phi) is 2.30. The van der Waals surface area contributed by atoms with Crippen molar-refractivity contribution >= 4 is 17.1 Å². The summed E-state index contributed by atoms with van der Waals surface area (Å²) >= 11 is 5.78. The van der Waals surface area contributed by atoms with Gasteiger partial charge in [-0.3, -0.25) is 4.40 Å². The molecule has 0 unspecified atom stereocenters. The molecule has 5 heteroatoms. The summed E-state index contributed by atoms with van der Waals surface area (Å²) in [5.74, 6) is 0.771. The monoisotopic (exact) mass is 244 g/mol. The number of nitrogens with zero attached hydrogens (tertiary/aromatic N) is 4. The maximum atomic E-state index is 5.78. The molecular formula is C12H9ClN4. The summed E-state index contributed by atoms with van der Waals surface area (Å²) < 4.78 is 1.99. The lowest BCUT2D eigenvalue weighted by molar-refractivity contribution is 1.09. The largest absolute Gasteiger partial charge is 0.298 e. The van der Waals surface area contributed by atoms with Crippen molar-refractivity contribution in [3.63, 3.8) is 0 Å². The molecule has 0 amide bonds. The van der Waals surface area contributed by atoms with Gasteiger partial charge in [-0.15, -0.1) is 0 Å². The van der Waals surface area contributed by atoms with E-state index in [9.17, 15) is 0 Å². The molecule has 3 heterocycles. The number of rotatable bonds is 1. The van der Waals surface area contributed by atoms with Crippen molar-refractivity contribution in [1.82, 2.24) is 19.4 Å². The van der Waals surface area contributed by atoms with Gasteiger partial charge in [-0.2, -0.15) is 0 Å². The average molecular weight is 245 g/mol. The molecule has 3 aromatic rings. The van der Waals surface area contributed by atoms with Crippen LogP contribution in [-0.4, -0.2) is 19.4 Å². The lowest BCUT2D eigenvalue weighted by atomic mass is 10.2. The Labute approximate surface area is 103 Å². The first kappa shape index (κ1) is 10.2. The number of aryl methyl sites for hydroxylation is 1. The van der Waals surface area contributed by atoms with Crippen LogP contribution in [-0.2, 0) is 0 Å². The predicted octanol–water partition coefficient (Wildman–Crippen LogP) is 2.75. The van der Waals surface area contributed by atoms with E-state index in [1.807, 2.05) is 35.9 Å². The first-order chi connectivity index (χ1) is 8.25. The second kappa shape index (κ2) is 3.82. The van der Waals surface area contributed by atoms with Crippen molar-refractivity contribution in [2.75, 3.05) is 0 Å². The highest BCUT2D eigenvalue weighted by molar-refractivity contribution is 6.28. The van der Waals surface area contributed by atoms with Crippen molar-refractivity contribution in [2.24, 2.45) is 0 Å². The zero-order valence-electron chi connectivity index (χ0n) is 9.13. The van der Waals surface area contributed by atoms with Gasteiger partial charge in [0.2, 0.25) is 5.28 Å². The average Bonchev–Trinajstić information content (AvgIpc) is 2.74. The molecule has 17 heavy (non-hydrogen) atoms. The van der Waals surface area contributed by atoms with Crippen LogP contribution in [0.3, 0.4) is 0 Å². The molecule has 0 N–H and O–H groups in total. The number of aromatic nitrogens is 4. The number of halogens is 1. The van der Waals surface area contributed by atoms with E-state index >= 15 is 0 Å². The molecule has 0 saturated heterocycles. The SMILES string of the molecule is Cc1cccn2c(-c3ccnc(Cl)n3)ncc12. The summed E-state index contributed by atoms with van der Waals surface area (Å²) in [5, 5.41) is 0.229. The van der Waals surface area contributed by atoms with Gasteiger partial charge in [0.15, 0.2) is 5.82 Å². The van der Waals surface area contributed by atoms with E-state index in [4.69, 9.17) is 11.6 Å². The Morgan fingerprint density at radius 2 is 2.12 bits per heavy atom. The summed E-state index contributed by atoms with van der Waals surface area (Å²) in [6.45, 7) is 2.05. The molecule has 0 fully saturated rings. The van der Waals surface area contributed by atoms with Gasteiger partial charge in [0.25, 0.3) is 0 Å². The van der Waals surface area contributed by atoms with E-state index in [0.29, 0.717) is 0 Å². The highest BCUT2D eigenvalue weighted by Gasteiger charge is 2.09. The lowest BCUT2D eigenvalue weighted by Gasteiger charge is -2.02. The number of imidazole rings is 1. The fourth-order valence-electron chi connectivity index (χ4n) is 1.81. The Hall–Kier alpha value is -1.94. The summed E-state index contributed by atoms with van der Waals surface area (Å²) in [6, 6.07) is 5.83. The predicted molar refractivity (Wildman–Crippen MR) is 66.0 cm³/mol. The van der Waals surface area contributed by atoms with Crippen molar-refractivity contribution < 1.29 is 0 Å². The normalized spacial score (nSPS) is 10.9. The first-order valence-corrected chi connectivity index (χ1v) is 5.55. The Balaban J connectivity index is 2.28. The van der Waals surface area contributed by atoms with Crippen molar-refractivity contribution in [2.45, 2.75) is 6.92 Å². The van der Waals surface area contributed by atoms with Crippen LogP contribution in [0.5, 0.6) is 0 Å². The van der Waals surface area contributed by atoms with Crippen LogP contribution in [0.1, 0.15) is 5.56 Å². The molecule has 0 spiro atoms. The quantitative estimate of drug-likeness (QED) is 0.618. The van der Waals surface area contributed by atoms with Gasteiger partial charge in [-0.1, -0.05) is 6.07 Å². The van der Waals surface area contributed by atoms with E-state index in [1.54, 1.807) is 12.3 Å². The zero-order chi connectivity index (χ0) is 11.8. The molecule has 0 atom stereocenters. The van der Waals surface area contributed by atoms with Gasteiger partial charge in [0, 0.05) is 12.4 Å². The van der Waals surface area contributed by atoms with Gasteiger partial charge < -0.3 is 0 Å². The third-order valence-corrected chi connectivity index (χ3v) is 2.82. The summed E-state index contributed by atoms with van der Waals surface area (Å²) in [7, 11) is 0. The second-order valence-electron chi connectivity index (χ2n) is 3.74. The van der Waals surface area contributed by atoms with Crippen LogP contribution >= 0.6 is 11.6 Å². The summed E-state index contributed by atoms with van der Waals surface area (Å²) in [6.07, 6.45) is 5.42. The Morgan fingerprint density at radius 1 is 1.24 bits per heavy atom. The van der Waals surface area contributed by atoms with Crippen LogP contribution < -0.4 is 0 Å². The minimum absolute atomic E-state index is 0.229. The van der Waals surface area contributed by atoms with Crippen LogP contribution in [0.4, 0.5) is 0 Å². The van der Waals surface area contributed by atoms with E-state index in [2.05, 4.69) is 15.0 Å². The molecule has 0 aliphatic rings. The van der Waals surface area contributed by atoms with Crippen molar-refractivity contribution in [1.29, 1.82) is 0 Å². The molecule has 84 valence electrons. The Morgan fingerprint density at radius 3 is 2.94 bits per heavy atom. The smallest absolute Gasteiger partial charge is 0.222 e. The molecule has 3 rings (SSSR count). The molecule has 0 bridgehead atoms. The molecule has 0 saturated carbocycles. The molecular weight excluding hydrogens is 236 g/mol. The van der Waals surface area contributed by atoms with Gasteiger partial charge in [-0.05, 0) is 36.2 Å². The van der Waals surface area contributed by atoms with Crippen molar-refractivity contribution in [3.8, 4) is 11.5 Å². The zero-order valence-corrected chi connectivity index (χ0v) is 9.89. The fourth-order valence-corrected chi connectivity index (χ4v) is 1.96. The number of hydrogen-bond donors (Lipinski definition) is 0. The maximum absolute atomic E-state index is 5.78. The highest BCUT2D eigenvalue weighted by Crippen LogP contribution is 2.20. The van der Waals surface area contributed by atoms with Gasteiger partial charge in [-0.25, -0.2) is 15.0 Å². The molecule has 0 aromatic carbocycles. The number of fused-ring (bicyclic) bond motifs is 1. The summed E-state index contributed by atoms with van der Waals surface area (Å²) in [5.41, 5.74) is 2.96. The van der Waals surface area contributed by atoms with Crippen LogP contribution in [0.15, 0.2) is 36.8 Å². The first-order valence-electron chi connectivity index (χ1n) is 5.17. The minimum Gasteiger partial charge on any atom is -0.298 e. The van der Waals surface area contributed by atoms with E-state index in [-0.39, 0.29) is 5.28 Å². The molecule has 3 aromatic heterocycles. The maximum Gasteiger partial charge on any atom is 0.222 e. The van der Waals surface area contributed by atoms with E-state index in [1.165, 1.54) is 5.56 Å². The van der Waals surface area contributed by atoms with Gasteiger partial charge >= 0.3 is 0 Å². The van der Waals surface area contributed by atoms with Crippen molar-refractivity contribution in [3.05, 3.63) is 47.6 Å². The van der Waals surface area contributed by atoms with Crippen LogP contribution in [0.2, 0.25) is 5.28 Å². The van der Waals surface area contributed by atoms with E-state index < -0.39 is 0 Å². The summed E-state index contributed by atoms with van der Waals surface area (Å²) in [4.78, 5) is 12.4. The van der Waals surface area contributed by atoms with Crippen LogP contribution in [0.25, 0.3) is 17.0 Å². The van der Waals surface area contributed by atoms with E-state index in [0.717, 1.165) is 17.0 Å². The molecule has 0 aliphatic carbocycles. The molecule has 0 radical (unpaired) electrons. The number of hydrogen-bond acceptors (Lipinski definition) is 3. The minimum atomic E-state index is 0.229. The lowest BCUT2D eigenvalue weighted by Crippen LogP contribution is -1.93. The topological polar surface area (TPSA) is 43.1 Å². The standard InChI is InChI=1S/C12H9ClN4/c1-8-3-2-6-17-10(8)7-15-11(17)9-4-5-14-12(13)16-9/h2-7H,1H3. The fraction of sp³-hybridized carbons (Fsp3) is 0.0833. The van der Waals surface area contributed by atoms with Gasteiger partial charge in [0.1, 0.15) is 5.69 Å². The number of pyridine rings is 1. The molecule has 4 nitrogen and oxygen atoms in total. The third kappa shape index (κ3) is 1.66. The highest BCUT2D eigenvalue weighted by atomic mass is 35.5. The third-order valence-electron chi connectivity index (χ3n) is 2.64. The molecule has 0 aliphatic heterocycles. The Bertz CT molecular complexity index is 690. The van der Waals surface area contributed by atoms with Gasteiger partial charge in [0.05, 0.1) is 11.7 Å². The van der Waals surface area contributed by atoms with Crippen LogP contribution in [0, 0.1) is 6.92 Å². The second-order valence-corrected chi connectivity index (χ2v) is 4.08.